The minimum absolute atomic E-state index is 0.0595. The summed E-state index contributed by atoms with van der Waals surface area (Å²) in [5, 5.41) is 5.93. The number of anilines is 2. The van der Waals surface area contributed by atoms with E-state index >= 15 is 0 Å². The van der Waals surface area contributed by atoms with Gasteiger partial charge in [0.25, 0.3) is 0 Å². The van der Waals surface area contributed by atoms with Crippen LogP contribution in [0, 0.1) is 0 Å². The van der Waals surface area contributed by atoms with E-state index in [0.717, 1.165) is 41.8 Å². The number of nitrogens with zero attached hydrogens (tertiary/aromatic N) is 1. The van der Waals surface area contributed by atoms with E-state index in [4.69, 9.17) is 4.74 Å². The second-order valence-corrected chi connectivity index (χ2v) is 8.17. The number of fused-ring (bicyclic) bond motifs is 1. The van der Waals surface area contributed by atoms with Gasteiger partial charge in [0.05, 0.1) is 13.5 Å². The zero-order chi connectivity index (χ0) is 23.0. The number of rotatable bonds is 6. The van der Waals surface area contributed by atoms with Gasteiger partial charge in [0.2, 0.25) is 5.91 Å². The minimum Gasteiger partial charge on any atom is -0.497 e. The Labute approximate surface area is 194 Å². The highest BCUT2D eigenvalue weighted by Gasteiger charge is 2.20. The lowest BCUT2D eigenvalue weighted by molar-refractivity contribution is -0.120. The molecule has 6 nitrogen and oxygen atoms in total. The van der Waals surface area contributed by atoms with E-state index in [1.54, 1.807) is 7.11 Å². The summed E-state index contributed by atoms with van der Waals surface area (Å²) >= 11 is 0. The zero-order valence-corrected chi connectivity index (χ0v) is 18.8. The van der Waals surface area contributed by atoms with Gasteiger partial charge < -0.3 is 15.4 Å². The van der Waals surface area contributed by atoms with Crippen molar-refractivity contribution in [1.29, 1.82) is 0 Å². The van der Waals surface area contributed by atoms with Gasteiger partial charge in [0, 0.05) is 24.5 Å². The second-order valence-electron chi connectivity index (χ2n) is 8.17. The van der Waals surface area contributed by atoms with E-state index in [0.29, 0.717) is 18.8 Å². The van der Waals surface area contributed by atoms with Gasteiger partial charge in [-0.3, -0.25) is 9.69 Å². The number of ether oxygens (including phenoxy) is 1. The first-order chi connectivity index (χ1) is 16.1. The van der Waals surface area contributed by atoms with Gasteiger partial charge in [-0.25, -0.2) is 4.79 Å². The third kappa shape index (κ3) is 5.92. The molecule has 1 aliphatic rings. The number of amides is 3. The molecule has 33 heavy (non-hydrogen) atoms. The van der Waals surface area contributed by atoms with Crippen molar-refractivity contribution in [3.05, 3.63) is 89.5 Å². The first-order valence-corrected chi connectivity index (χ1v) is 11.3. The topological polar surface area (TPSA) is 70.7 Å². The molecule has 1 aliphatic heterocycles. The normalized spacial score (nSPS) is 12.9. The number of para-hydroxylation sites is 1. The number of urea groups is 1. The molecule has 0 saturated heterocycles. The van der Waals surface area contributed by atoms with Gasteiger partial charge in [-0.15, -0.1) is 0 Å². The van der Waals surface area contributed by atoms with Crippen LogP contribution < -0.4 is 20.3 Å². The smallest absolute Gasteiger partial charge is 0.326 e. The molecule has 6 heteroatoms. The van der Waals surface area contributed by atoms with Gasteiger partial charge in [0.15, 0.2) is 0 Å². The summed E-state index contributed by atoms with van der Waals surface area (Å²) in [5.74, 6) is 0.707. The van der Waals surface area contributed by atoms with Crippen molar-refractivity contribution in [2.75, 3.05) is 23.9 Å². The summed E-state index contributed by atoms with van der Waals surface area (Å²) in [4.78, 5) is 27.1. The number of carbonyl (C=O) groups excluding carboxylic acids is 2. The van der Waals surface area contributed by atoms with E-state index in [9.17, 15) is 9.59 Å². The quantitative estimate of drug-likeness (QED) is 0.568. The number of benzene rings is 3. The predicted molar refractivity (Wildman–Crippen MR) is 131 cm³/mol. The zero-order valence-electron chi connectivity index (χ0n) is 18.8. The van der Waals surface area contributed by atoms with E-state index < -0.39 is 0 Å². The summed E-state index contributed by atoms with van der Waals surface area (Å²) in [6.07, 6.45) is 3.33. The van der Waals surface area contributed by atoms with E-state index in [2.05, 4.69) is 16.7 Å². The third-order valence-electron chi connectivity index (χ3n) is 5.80. The number of hydrogen-bond donors (Lipinski definition) is 2. The predicted octanol–water partition coefficient (Wildman–Crippen LogP) is 4.93. The van der Waals surface area contributed by atoms with Crippen LogP contribution in [-0.2, 0) is 24.2 Å². The lowest BCUT2D eigenvalue weighted by Crippen LogP contribution is -2.35. The summed E-state index contributed by atoms with van der Waals surface area (Å²) in [6, 6.07) is 23.0. The maximum Gasteiger partial charge on any atom is 0.326 e. The molecule has 0 fully saturated rings. The Hall–Kier alpha value is -3.80. The van der Waals surface area contributed by atoms with Gasteiger partial charge in [-0.1, -0.05) is 42.5 Å². The fraction of sp³-hybridized carbons (Fsp3) is 0.259. The number of carbonyl (C=O) groups is 2. The average Bonchev–Trinajstić information content (AvgIpc) is 3.07. The molecule has 0 atom stereocenters. The van der Waals surface area contributed by atoms with E-state index in [1.807, 2.05) is 71.6 Å². The number of methoxy groups -OCH3 is 1. The average molecular weight is 444 g/mol. The second kappa shape index (κ2) is 10.7. The van der Waals surface area contributed by atoms with Crippen molar-refractivity contribution in [2.24, 2.45) is 0 Å². The molecule has 3 amide bonds. The van der Waals surface area contributed by atoms with Crippen LogP contribution in [0.2, 0.25) is 0 Å². The molecule has 0 spiro atoms. The van der Waals surface area contributed by atoms with Crippen molar-refractivity contribution in [2.45, 2.75) is 32.2 Å². The molecule has 4 rings (SSSR count). The van der Waals surface area contributed by atoms with Crippen LogP contribution >= 0.6 is 0 Å². The Kier molecular flexibility index (Phi) is 7.25. The van der Waals surface area contributed by atoms with Crippen LogP contribution in [0.4, 0.5) is 16.2 Å². The monoisotopic (exact) mass is 443 g/mol. The Morgan fingerprint density at radius 1 is 0.939 bits per heavy atom. The maximum atomic E-state index is 13.0. The number of aryl methyl sites for hydroxylation is 1. The first-order valence-electron chi connectivity index (χ1n) is 11.3. The molecule has 0 aliphatic carbocycles. The van der Waals surface area contributed by atoms with Crippen LogP contribution in [-0.4, -0.2) is 25.6 Å². The molecule has 1 heterocycles. The summed E-state index contributed by atoms with van der Waals surface area (Å²) in [5.41, 5.74) is 4.77. The Morgan fingerprint density at radius 2 is 1.76 bits per heavy atom. The van der Waals surface area contributed by atoms with Crippen LogP contribution in [0.1, 0.15) is 29.5 Å². The molecule has 0 radical (unpaired) electrons. The summed E-state index contributed by atoms with van der Waals surface area (Å²) in [7, 11) is 1.62. The largest absolute Gasteiger partial charge is 0.497 e. The molecular formula is C27H29N3O3. The molecule has 2 N–H and O–H groups in total. The Morgan fingerprint density at radius 3 is 2.58 bits per heavy atom. The minimum atomic E-state index is -0.131. The fourth-order valence-electron chi connectivity index (χ4n) is 4.03. The summed E-state index contributed by atoms with van der Waals surface area (Å²) < 4.78 is 5.21. The lowest BCUT2D eigenvalue weighted by Gasteiger charge is -2.23. The first kappa shape index (κ1) is 22.4. The highest BCUT2D eigenvalue weighted by molar-refractivity contribution is 6.02. The van der Waals surface area contributed by atoms with Crippen LogP contribution in [0.25, 0.3) is 0 Å². The van der Waals surface area contributed by atoms with Gasteiger partial charge >= 0.3 is 6.03 Å². The highest BCUT2D eigenvalue weighted by Crippen LogP contribution is 2.26. The van der Waals surface area contributed by atoms with Gasteiger partial charge in [0.1, 0.15) is 5.75 Å². The molecular weight excluding hydrogens is 414 g/mol. The SMILES string of the molecule is COc1cccc(CNC(=O)Cc2ccc(NC(=O)N3CCCCc4ccccc43)cc2)c1. The summed E-state index contributed by atoms with van der Waals surface area (Å²) in [6.45, 7) is 1.15. The lowest BCUT2D eigenvalue weighted by atomic mass is 10.1. The highest BCUT2D eigenvalue weighted by atomic mass is 16.5. The standard InChI is InChI=1S/C27H29N3O3/c1-33-24-10-6-7-21(17-24)19-28-26(31)18-20-12-14-23(15-13-20)29-27(32)30-16-5-4-9-22-8-2-3-11-25(22)30/h2-3,6-8,10-15,17H,4-5,9,16,18-19H2,1H3,(H,28,31)(H,29,32). The van der Waals surface area contributed by atoms with Crippen molar-refractivity contribution >= 4 is 23.3 Å². The molecule has 170 valence electrons. The molecule has 0 saturated carbocycles. The van der Waals surface area contributed by atoms with Gasteiger partial charge in [-0.2, -0.15) is 0 Å². The van der Waals surface area contributed by atoms with Crippen molar-refractivity contribution in [3.8, 4) is 5.75 Å². The van der Waals surface area contributed by atoms with Crippen molar-refractivity contribution in [1.82, 2.24) is 5.32 Å². The van der Waals surface area contributed by atoms with Crippen LogP contribution in [0.5, 0.6) is 5.75 Å². The molecule has 0 unspecified atom stereocenters. The molecule has 0 aromatic heterocycles. The van der Waals surface area contributed by atoms with E-state index in [1.165, 1.54) is 5.56 Å². The van der Waals surface area contributed by atoms with Crippen LogP contribution in [0.3, 0.4) is 0 Å². The van der Waals surface area contributed by atoms with E-state index in [-0.39, 0.29) is 18.4 Å². The number of nitrogens with one attached hydrogen (secondary N) is 2. The fourth-order valence-corrected chi connectivity index (χ4v) is 4.03. The van der Waals surface area contributed by atoms with Crippen molar-refractivity contribution < 1.29 is 14.3 Å². The Bertz CT molecular complexity index is 1110. The van der Waals surface area contributed by atoms with Gasteiger partial charge in [-0.05, 0) is 66.3 Å². The van der Waals surface area contributed by atoms with Crippen molar-refractivity contribution in [3.63, 3.8) is 0 Å². The third-order valence-corrected chi connectivity index (χ3v) is 5.80. The number of hydrogen-bond acceptors (Lipinski definition) is 3. The Balaban J connectivity index is 1.32. The molecule has 3 aromatic carbocycles. The van der Waals surface area contributed by atoms with Crippen LogP contribution in [0.15, 0.2) is 72.8 Å². The molecule has 0 bridgehead atoms. The molecule has 3 aromatic rings. The maximum absolute atomic E-state index is 13.0.